The number of benzene rings is 1. The van der Waals surface area contributed by atoms with Crippen LogP contribution in [0, 0.1) is 0 Å². The fraction of sp³-hybridized carbons (Fsp3) is 0.417. The van der Waals surface area contributed by atoms with Gasteiger partial charge in [0, 0.05) is 23.7 Å². The highest BCUT2D eigenvalue weighted by Gasteiger charge is 2.38. The summed E-state index contributed by atoms with van der Waals surface area (Å²) in [7, 11) is 0. The highest BCUT2D eigenvalue weighted by molar-refractivity contribution is 6.30. The van der Waals surface area contributed by atoms with E-state index in [9.17, 15) is 13.6 Å². The quantitative estimate of drug-likeness (QED) is 0.919. The van der Waals surface area contributed by atoms with Crippen molar-refractivity contribution in [3.05, 3.63) is 29.3 Å². The van der Waals surface area contributed by atoms with Crippen molar-refractivity contribution >= 4 is 23.2 Å². The third-order valence-corrected chi connectivity index (χ3v) is 3.00. The number of nitrogens with zero attached hydrogens (tertiary/aromatic N) is 1. The number of carbonyl (C=O) groups excluding carboxylic acids is 1. The van der Waals surface area contributed by atoms with Gasteiger partial charge >= 0.3 is 0 Å². The number of halogens is 3. The Morgan fingerprint density at radius 2 is 2.06 bits per heavy atom. The molecule has 1 saturated heterocycles. The summed E-state index contributed by atoms with van der Waals surface area (Å²) in [6.45, 7) is -0.111. The molecule has 3 nitrogen and oxygen atoms in total. The molecule has 0 saturated carbocycles. The van der Waals surface area contributed by atoms with Gasteiger partial charge in [-0.3, -0.25) is 9.69 Å². The molecule has 1 aliphatic heterocycles. The standard InChI is InChI=1S/C12H13ClF2N2O/c13-9-1-3-10(4-2-9)16-11(18)7-17-6-5-12(14,15)8-17/h1-4H,5-8H2,(H,16,18). The van der Waals surface area contributed by atoms with Gasteiger partial charge in [0.25, 0.3) is 5.92 Å². The zero-order valence-corrected chi connectivity index (χ0v) is 10.4. The lowest BCUT2D eigenvalue weighted by Crippen LogP contribution is -2.33. The molecule has 0 spiro atoms. The van der Waals surface area contributed by atoms with E-state index in [1.165, 1.54) is 4.90 Å². The molecule has 0 radical (unpaired) electrons. The maximum absolute atomic E-state index is 12.9. The van der Waals surface area contributed by atoms with Gasteiger partial charge in [-0.2, -0.15) is 0 Å². The molecule has 1 N–H and O–H groups in total. The van der Waals surface area contributed by atoms with Crippen molar-refractivity contribution in [3.63, 3.8) is 0 Å². The van der Waals surface area contributed by atoms with Gasteiger partial charge in [-0.25, -0.2) is 8.78 Å². The van der Waals surface area contributed by atoms with Crippen LogP contribution in [0.25, 0.3) is 0 Å². The van der Waals surface area contributed by atoms with Crippen molar-refractivity contribution in [1.29, 1.82) is 0 Å². The molecular formula is C12H13ClF2N2O. The third kappa shape index (κ3) is 3.65. The van der Waals surface area contributed by atoms with Crippen LogP contribution in [0.2, 0.25) is 5.02 Å². The predicted molar refractivity (Wildman–Crippen MR) is 66.1 cm³/mol. The Bertz CT molecular complexity index is 436. The minimum Gasteiger partial charge on any atom is -0.325 e. The lowest BCUT2D eigenvalue weighted by Gasteiger charge is -2.15. The molecule has 6 heteroatoms. The number of anilines is 1. The van der Waals surface area contributed by atoms with E-state index in [0.29, 0.717) is 10.7 Å². The van der Waals surface area contributed by atoms with Crippen LogP contribution >= 0.6 is 11.6 Å². The van der Waals surface area contributed by atoms with E-state index in [1.54, 1.807) is 24.3 Å². The topological polar surface area (TPSA) is 32.3 Å². The minimum atomic E-state index is -2.67. The third-order valence-electron chi connectivity index (χ3n) is 2.74. The number of carbonyl (C=O) groups is 1. The first-order chi connectivity index (χ1) is 8.44. The van der Waals surface area contributed by atoms with Gasteiger partial charge in [0.05, 0.1) is 13.1 Å². The van der Waals surface area contributed by atoms with Gasteiger partial charge in [-0.1, -0.05) is 11.6 Å². The van der Waals surface area contributed by atoms with Crippen molar-refractivity contribution in [2.45, 2.75) is 12.3 Å². The monoisotopic (exact) mass is 274 g/mol. The number of nitrogens with one attached hydrogen (secondary N) is 1. The highest BCUT2D eigenvalue weighted by Crippen LogP contribution is 2.26. The Morgan fingerprint density at radius 1 is 1.39 bits per heavy atom. The Kier molecular flexibility index (Phi) is 3.82. The number of hydrogen-bond acceptors (Lipinski definition) is 2. The summed E-state index contributed by atoms with van der Waals surface area (Å²) >= 11 is 5.71. The molecule has 0 aliphatic carbocycles. The van der Waals surface area contributed by atoms with E-state index in [4.69, 9.17) is 11.6 Å². The number of alkyl halides is 2. The van der Waals surface area contributed by atoms with Crippen LogP contribution in [-0.2, 0) is 4.79 Å². The Labute approximate surface area is 109 Å². The molecule has 18 heavy (non-hydrogen) atoms. The first-order valence-electron chi connectivity index (χ1n) is 5.60. The molecule has 1 amide bonds. The van der Waals surface area contributed by atoms with Crippen molar-refractivity contribution in [3.8, 4) is 0 Å². The average Bonchev–Trinajstić information content (AvgIpc) is 2.61. The van der Waals surface area contributed by atoms with Crippen LogP contribution in [-0.4, -0.2) is 36.4 Å². The summed E-state index contributed by atoms with van der Waals surface area (Å²) < 4.78 is 25.9. The summed E-state index contributed by atoms with van der Waals surface area (Å²) in [5, 5.41) is 3.22. The largest absolute Gasteiger partial charge is 0.325 e. The molecule has 1 fully saturated rings. The second kappa shape index (κ2) is 5.20. The van der Waals surface area contributed by atoms with E-state index in [2.05, 4.69) is 5.32 Å². The number of amides is 1. The van der Waals surface area contributed by atoms with E-state index >= 15 is 0 Å². The number of hydrogen-bond donors (Lipinski definition) is 1. The van der Waals surface area contributed by atoms with E-state index in [0.717, 1.165) is 0 Å². The maximum atomic E-state index is 12.9. The van der Waals surface area contributed by atoms with Crippen LogP contribution < -0.4 is 5.32 Å². The van der Waals surface area contributed by atoms with Crippen LogP contribution in [0.3, 0.4) is 0 Å². The normalized spacial score (nSPS) is 18.8. The summed E-state index contributed by atoms with van der Waals surface area (Å²) in [6.07, 6.45) is -0.179. The molecule has 0 aromatic heterocycles. The fourth-order valence-electron chi connectivity index (χ4n) is 1.88. The molecule has 2 rings (SSSR count). The summed E-state index contributed by atoms with van der Waals surface area (Å²) in [5.74, 6) is -2.96. The molecule has 98 valence electrons. The molecule has 1 aromatic rings. The maximum Gasteiger partial charge on any atom is 0.261 e. The van der Waals surface area contributed by atoms with Crippen LogP contribution in [0.15, 0.2) is 24.3 Å². The zero-order chi connectivity index (χ0) is 13.2. The Balaban J connectivity index is 1.84. The minimum absolute atomic E-state index is 0.0157. The SMILES string of the molecule is O=C(CN1CCC(F)(F)C1)Nc1ccc(Cl)cc1. The molecule has 1 aromatic carbocycles. The first-order valence-corrected chi connectivity index (χ1v) is 5.98. The Hall–Kier alpha value is -1.20. The van der Waals surface area contributed by atoms with Crippen molar-refractivity contribution in [2.75, 3.05) is 25.0 Å². The van der Waals surface area contributed by atoms with Crippen molar-refractivity contribution < 1.29 is 13.6 Å². The van der Waals surface area contributed by atoms with Gasteiger partial charge in [0.15, 0.2) is 0 Å². The molecular weight excluding hydrogens is 262 g/mol. The smallest absolute Gasteiger partial charge is 0.261 e. The van der Waals surface area contributed by atoms with Gasteiger partial charge < -0.3 is 5.32 Å². The summed E-state index contributed by atoms with van der Waals surface area (Å²) in [5.41, 5.74) is 0.607. The Morgan fingerprint density at radius 3 is 2.61 bits per heavy atom. The predicted octanol–water partition coefficient (Wildman–Crippen LogP) is 2.62. The van der Waals surface area contributed by atoms with E-state index in [1.807, 2.05) is 0 Å². The first kappa shape index (κ1) is 13.2. The number of likely N-dealkylation sites (tertiary alicyclic amines) is 1. The highest BCUT2D eigenvalue weighted by atomic mass is 35.5. The second-order valence-electron chi connectivity index (χ2n) is 4.37. The van der Waals surface area contributed by atoms with Crippen LogP contribution in [0.4, 0.5) is 14.5 Å². The van der Waals surface area contributed by atoms with Crippen molar-refractivity contribution in [1.82, 2.24) is 4.90 Å². The average molecular weight is 275 g/mol. The lowest BCUT2D eigenvalue weighted by molar-refractivity contribution is -0.117. The fourth-order valence-corrected chi connectivity index (χ4v) is 2.00. The molecule has 0 atom stereocenters. The van der Waals surface area contributed by atoms with Crippen LogP contribution in [0.1, 0.15) is 6.42 Å². The second-order valence-corrected chi connectivity index (χ2v) is 4.81. The molecule has 0 unspecified atom stereocenters. The van der Waals surface area contributed by atoms with Gasteiger partial charge in [-0.15, -0.1) is 0 Å². The molecule has 1 aliphatic rings. The molecule has 1 heterocycles. The zero-order valence-electron chi connectivity index (χ0n) is 9.63. The van der Waals surface area contributed by atoms with Crippen LogP contribution in [0.5, 0.6) is 0 Å². The summed E-state index contributed by atoms with van der Waals surface area (Å²) in [4.78, 5) is 13.1. The van der Waals surface area contributed by atoms with Gasteiger partial charge in [0.1, 0.15) is 0 Å². The summed E-state index contributed by atoms with van der Waals surface area (Å²) in [6, 6.07) is 6.64. The van der Waals surface area contributed by atoms with Gasteiger partial charge in [0.2, 0.25) is 5.91 Å². The number of rotatable bonds is 3. The van der Waals surface area contributed by atoms with Gasteiger partial charge in [-0.05, 0) is 24.3 Å². The lowest BCUT2D eigenvalue weighted by atomic mass is 10.3. The molecule has 0 bridgehead atoms. The van der Waals surface area contributed by atoms with E-state index in [-0.39, 0.29) is 32.0 Å². The van der Waals surface area contributed by atoms with E-state index < -0.39 is 5.92 Å². The van der Waals surface area contributed by atoms with Crippen molar-refractivity contribution in [2.24, 2.45) is 0 Å².